The molecule has 0 aromatic heterocycles. The van der Waals surface area contributed by atoms with E-state index in [-0.39, 0.29) is 30.5 Å². The number of aryl methyl sites for hydroxylation is 1. The number of hydrogen-bond donors (Lipinski definition) is 1. The standard InChI is InChI=1S/C21H21FN2O4S/c1-12-3-4-16(14(22)7-12)24-11-13(8-20(24)25)21(26)23-15-9-17-18(10-19(15)29-2)28-6-5-27-17/h3-4,7,9-10,13H,5-6,8,11H2,1-2H3,(H,23,26). The third-order valence-corrected chi connectivity index (χ3v) is 5.79. The van der Waals surface area contributed by atoms with Crippen molar-refractivity contribution in [1.82, 2.24) is 0 Å². The molecule has 152 valence electrons. The fourth-order valence-corrected chi connectivity index (χ4v) is 4.07. The van der Waals surface area contributed by atoms with E-state index in [2.05, 4.69) is 5.32 Å². The van der Waals surface area contributed by atoms with Crippen LogP contribution in [0, 0.1) is 18.7 Å². The van der Waals surface area contributed by atoms with Crippen molar-refractivity contribution < 1.29 is 23.5 Å². The van der Waals surface area contributed by atoms with E-state index in [1.165, 1.54) is 22.7 Å². The summed E-state index contributed by atoms with van der Waals surface area (Å²) >= 11 is 1.48. The minimum atomic E-state index is -0.564. The van der Waals surface area contributed by atoms with Crippen molar-refractivity contribution in [2.75, 3.05) is 36.2 Å². The van der Waals surface area contributed by atoms with Crippen molar-refractivity contribution in [3.05, 3.63) is 41.7 Å². The smallest absolute Gasteiger partial charge is 0.229 e. The highest BCUT2D eigenvalue weighted by atomic mass is 32.2. The summed E-state index contributed by atoms with van der Waals surface area (Å²) in [6.07, 6.45) is 1.94. The molecule has 0 radical (unpaired) electrons. The predicted octanol–water partition coefficient (Wildman–Crippen LogP) is 3.62. The molecule has 1 N–H and O–H groups in total. The Morgan fingerprint density at radius 2 is 1.93 bits per heavy atom. The summed E-state index contributed by atoms with van der Waals surface area (Å²) in [6, 6.07) is 8.29. The normalized spacial score (nSPS) is 18.1. The van der Waals surface area contributed by atoms with Gasteiger partial charge in [0, 0.05) is 23.9 Å². The molecule has 0 spiro atoms. The van der Waals surface area contributed by atoms with Gasteiger partial charge in [0.1, 0.15) is 19.0 Å². The third kappa shape index (κ3) is 3.89. The molecule has 2 aromatic carbocycles. The van der Waals surface area contributed by atoms with Gasteiger partial charge >= 0.3 is 0 Å². The van der Waals surface area contributed by atoms with Crippen LogP contribution in [0.4, 0.5) is 15.8 Å². The molecule has 8 heteroatoms. The van der Waals surface area contributed by atoms with Crippen LogP contribution in [-0.2, 0) is 9.59 Å². The zero-order chi connectivity index (χ0) is 20.5. The van der Waals surface area contributed by atoms with Crippen molar-refractivity contribution in [1.29, 1.82) is 0 Å². The number of ether oxygens (including phenoxy) is 2. The SMILES string of the molecule is CSc1cc2c(cc1NC(=O)C1CC(=O)N(c3ccc(C)cc3F)C1)OCCO2. The number of benzene rings is 2. The highest BCUT2D eigenvalue weighted by Crippen LogP contribution is 2.39. The predicted molar refractivity (Wildman–Crippen MR) is 109 cm³/mol. The first-order valence-electron chi connectivity index (χ1n) is 9.31. The Hall–Kier alpha value is -2.74. The number of fused-ring (bicyclic) bond motifs is 1. The average Bonchev–Trinajstić information content (AvgIpc) is 3.09. The van der Waals surface area contributed by atoms with E-state index in [4.69, 9.17) is 9.47 Å². The maximum atomic E-state index is 14.3. The molecular formula is C21H21FN2O4S. The molecule has 0 aliphatic carbocycles. The van der Waals surface area contributed by atoms with Crippen LogP contribution in [0.25, 0.3) is 0 Å². The second kappa shape index (κ2) is 7.94. The molecule has 1 unspecified atom stereocenters. The zero-order valence-corrected chi connectivity index (χ0v) is 17.0. The lowest BCUT2D eigenvalue weighted by Crippen LogP contribution is -2.29. The fraction of sp³-hybridized carbons (Fsp3) is 0.333. The van der Waals surface area contributed by atoms with Crippen LogP contribution in [0.2, 0.25) is 0 Å². The van der Waals surface area contributed by atoms with E-state index in [1.54, 1.807) is 25.1 Å². The molecule has 2 aliphatic heterocycles. The van der Waals surface area contributed by atoms with Gasteiger partial charge in [-0.3, -0.25) is 9.59 Å². The number of thioether (sulfide) groups is 1. The minimum Gasteiger partial charge on any atom is -0.486 e. The highest BCUT2D eigenvalue weighted by Gasteiger charge is 2.36. The number of hydrogen-bond acceptors (Lipinski definition) is 5. The number of carbonyl (C=O) groups is 2. The lowest BCUT2D eigenvalue weighted by molar-refractivity contribution is -0.122. The largest absolute Gasteiger partial charge is 0.486 e. The van der Waals surface area contributed by atoms with Crippen molar-refractivity contribution in [3.63, 3.8) is 0 Å². The van der Waals surface area contributed by atoms with Crippen molar-refractivity contribution in [2.45, 2.75) is 18.2 Å². The minimum absolute atomic E-state index is 0.0400. The van der Waals surface area contributed by atoms with Crippen LogP contribution in [0.15, 0.2) is 35.2 Å². The van der Waals surface area contributed by atoms with Gasteiger partial charge in [-0.25, -0.2) is 4.39 Å². The van der Waals surface area contributed by atoms with Gasteiger partial charge < -0.3 is 19.7 Å². The number of rotatable bonds is 4. The van der Waals surface area contributed by atoms with Crippen LogP contribution in [0.5, 0.6) is 11.5 Å². The average molecular weight is 416 g/mol. The first-order valence-corrected chi connectivity index (χ1v) is 10.5. The lowest BCUT2D eigenvalue weighted by Gasteiger charge is -2.21. The summed E-state index contributed by atoms with van der Waals surface area (Å²) in [5, 5.41) is 2.90. The van der Waals surface area contributed by atoms with E-state index in [9.17, 15) is 14.0 Å². The summed E-state index contributed by atoms with van der Waals surface area (Å²) < 4.78 is 25.5. The monoisotopic (exact) mass is 416 g/mol. The first kappa shape index (κ1) is 19.6. The number of nitrogens with zero attached hydrogens (tertiary/aromatic N) is 1. The number of anilines is 2. The van der Waals surface area contributed by atoms with Gasteiger partial charge in [-0.15, -0.1) is 11.8 Å². The van der Waals surface area contributed by atoms with Crippen LogP contribution in [0.1, 0.15) is 12.0 Å². The van der Waals surface area contributed by atoms with Gasteiger partial charge in [0.05, 0.1) is 17.3 Å². The van der Waals surface area contributed by atoms with E-state index in [0.29, 0.717) is 30.4 Å². The second-order valence-electron chi connectivity index (χ2n) is 7.05. The van der Waals surface area contributed by atoms with Gasteiger partial charge in [-0.05, 0) is 36.9 Å². The number of carbonyl (C=O) groups excluding carboxylic acids is 2. The topological polar surface area (TPSA) is 67.9 Å². The molecule has 29 heavy (non-hydrogen) atoms. The summed E-state index contributed by atoms with van der Waals surface area (Å²) in [4.78, 5) is 27.5. The van der Waals surface area contributed by atoms with E-state index in [0.717, 1.165) is 10.5 Å². The molecule has 2 aliphatic rings. The van der Waals surface area contributed by atoms with E-state index < -0.39 is 11.7 Å². The van der Waals surface area contributed by atoms with E-state index in [1.807, 2.05) is 12.3 Å². The Labute approximate surface area is 172 Å². The Morgan fingerprint density at radius 3 is 2.62 bits per heavy atom. The van der Waals surface area contributed by atoms with Crippen molar-refractivity contribution in [3.8, 4) is 11.5 Å². The van der Waals surface area contributed by atoms with Gasteiger partial charge in [0.2, 0.25) is 11.8 Å². The third-order valence-electron chi connectivity index (χ3n) is 5.01. The lowest BCUT2D eigenvalue weighted by atomic mass is 10.1. The van der Waals surface area contributed by atoms with Crippen LogP contribution >= 0.6 is 11.8 Å². The second-order valence-corrected chi connectivity index (χ2v) is 7.89. The van der Waals surface area contributed by atoms with Crippen LogP contribution in [0.3, 0.4) is 0 Å². The molecule has 2 aromatic rings. The quantitative estimate of drug-likeness (QED) is 0.771. The van der Waals surface area contributed by atoms with Crippen molar-refractivity contribution in [2.24, 2.45) is 5.92 Å². The molecule has 0 saturated carbocycles. The van der Waals surface area contributed by atoms with Crippen molar-refractivity contribution >= 4 is 35.0 Å². The van der Waals surface area contributed by atoms with E-state index >= 15 is 0 Å². The number of halogens is 1. The highest BCUT2D eigenvalue weighted by molar-refractivity contribution is 7.98. The fourth-order valence-electron chi connectivity index (χ4n) is 3.52. The van der Waals surface area contributed by atoms with Gasteiger partial charge in [-0.1, -0.05) is 6.07 Å². The molecule has 0 bridgehead atoms. The maximum Gasteiger partial charge on any atom is 0.229 e. The van der Waals surface area contributed by atoms with Gasteiger partial charge in [0.25, 0.3) is 0 Å². The summed E-state index contributed by atoms with van der Waals surface area (Å²) in [5.41, 5.74) is 1.59. The molecule has 1 atom stereocenters. The van der Waals surface area contributed by atoms with Crippen LogP contribution < -0.4 is 19.7 Å². The number of amides is 2. The summed E-state index contributed by atoms with van der Waals surface area (Å²) in [7, 11) is 0. The van der Waals surface area contributed by atoms with Gasteiger partial charge in [0.15, 0.2) is 11.5 Å². The first-order chi connectivity index (χ1) is 14.0. The molecule has 4 rings (SSSR count). The molecular weight excluding hydrogens is 395 g/mol. The Balaban J connectivity index is 1.51. The molecule has 6 nitrogen and oxygen atoms in total. The molecule has 2 heterocycles. The maximum absolute atomic E-state index is 14.3. The van der Waals surface area contributed by atoms with Gasteiger partial charge in [-0.2, -0.15) is 0 Å². The number of nitrogens with one attached hydrogen (secondary N) is 1. The zero-order valence-electron chi connectivity index (χ0n) is 16.2. The summed E-state index contributed by atoms with van der Waals surface area (Å²) in [6.45, 7) is 2.87. The Morgan fingerprint density at radius 1 is 1.21 bits per heavy atom. The Kier molecular flexibility index (Phi) is 5.36. The van der Waals surface area contributed by atoms with Crippen LogP contribution in [-0.4, -0.2) is 37.8 Å². The molecule has 1 saturated heterocycles. The summed E-state index contributed by atoms with van der Waals surface area (Å²) in [5.74, 6) is -0.339. The molecule has 1 fully saturated rings. The molecule has 2 amide bonds. The Bertz CT molecular complexity index is 981.